The Bertz CT molecular complexity index is 1310. The van der Waals surface area contributed by atoms with E-state index in [2.05, 4.69) is 10.1 Å². The molecular formula is C21H16N4O5S2. The lowest BCUT2D eigenvalue weighted by atomic mass is 10.2. The molecule has 4 rings (SSSR count). The number of ether oxygens (including phenoxy) is 2. The van der Waals surface area contributed by atoms with Crippen molar-refractivity contribution < 1.29 is 19.2 Å². The summed E-state index contributed by atoms with van der Waals surface area (Å²) in [6.45, 7) is 0. The maximum absolute atomic E-state index is 13.3. The van der Waals surface area contributed by atoms with Gasteiger partial charge in [0.1, 0.15) is 11.5 Å². The number of amides is 1. The topological polar surface area (TPSA) is 107 Å². The van der Waals surface area contributed by atoms with Crippen molar-refractivity contribution in [1.29, 1.82) is 0 Å². The Morgan fingerprint density at radius 3 is 2.44 bits per heavy atom. The van der Waals surface area contributed by atoms with Crippen LogP contribution < -0.4 is 14.5 Å². The minimum atomic E-state index is -0.469. The zero-order valence-corrected chi connectivity index (χ0v) is 18.6. The number of hydrogen-bond donors (Lipinski definition) is 0. The Labute approximate surface area is 190 Å². The van der Waals surface area contributed by atoms with Crippen LogP contribution in [0.5, 0.6) is 11.5 Å². The van der Waals surface area contributed by atoms with Crippen LogP contribution in [0.4, 0.5) is 10.1 Å². The average Bonchev–Trinajstić information content (AvgIpc) is 3.46. The van der Waals surface area contributed by atoms with Gasteiger partial charge >= 0.3 is 5.00 Å². The SMILES string of the molecule is COc1ccc(C(=O)N(/N=C/c2ccc([N+](=O)[O-])s2)c2nc3ccc(OC)cc3s2)cc1. The summed E-state index contributed by atoms with van der Waals surface area (Å²) >= 11 is 2.25. The van der Waals surface area contributed by atoms with Gasteiger partial charge in [0.25, 0.3) is 5.91 Å². The van der Waals surface area contributed by atoms with E-state index in [9.17, 15) is 14.9 Å². The van der Waals surface area contributed by atoms with Crippen LogP contribution >= 0.6 is 22.7 Å². The Hall–Kier alpha value is -3.83. The lowest BCUT2D eigenvalue weighted by molar-refractivity contribution is -0.380. The molecule has 162 valence electrons. The van der Waals surface area contributed by atoms with E-state index < -0.39 is 10.8 Å². The molecule has 32 heavy (non-hydrogen) atoms. The van der Waals surface area contributed by atoms with Gasteiger partial charge in [-0.3, -0.25) is 14.9 Å². The van der Waals surface area contributed by atoms with Gasteiger partial charge in [0.05, 0.1) is 40.5 Å². The summed E-state index contributed by atoms with van der Waals surface area (Å²) in [5.41, 5.74) is 1.08. The number of carbonyl (C=O) groups is 1. The molecule has 0 aliphatic heterocycles. The van der Waals surface area contributed by atoms with Crippen molar-refractivity contribution >= 4 is 55.1 Å². The van der Waals surface area contributed by atoms with Crippen molar-refractivity contribution in [3.05, 3.63) is 75.2 Å². The quantitative estimate of drug-likeness (QED) is 0.215. The molecule has 0 spiro atoms. The first-order chi connectivity index (χ1) is 15.5. The first kappa shape index (κ1) is 21.4. The minimum absolute atomic E-state index is 0.00781. The molecule has 0 fully saturated rings. The van der Waals surface area contributed by atoms with E-state index in [1.54, 1.807) is 56.7 Å². The first-order valence-electron chi connectivity index (χ1n) is 9.20. The molecular weight excluding hydrogens is 452 g/mol. The largest absolute Gasteiger partial charge is 0.497 e. The number of anilines is 1. The Balaban J connectivity index is 1.73. The Kier molecular flexibility index (Phi) is 6.10. The molecule has 11 heteroatoms. The van der Waals surface area contributed by atoms with E-state index in [0.29, 0.717) is 32.6 Å². The summed E-state index contributed by atoms with van der Waals surface area (Å²) < 4.78 is 11.2. The van der Waals surface area contributed by atoms with Gasteiger partial charge in [-0.05, 0) is 48.5 Å². The zero-order chi connectivity index (χ0) is 22.7. The van der Waals surface area contributed by atoms with E-state index in [0.717, 1.165) is 16.0 Å². The van der Waals surface area contributed by atoms with Crippen LogP contribution in [-0.4, -0.2) is 36.2 Å². The van der Waals surface area contributed by atoms with Crippen molar-refractivity contribution in [2.24, 2.45) is 5.10 Å². The van der Waals surface area contributed by atoms with E-state index in [1.165, 1.54) is 28.6 Å². The van der Waals surface area contributed by atoms with E-state index in [-0.39, 0.29) is 5.00 Å². The molecule has 9 nitrogen and oxygen atoms in total. The number of hydrazone groups is 1. The number of fused-ring (bicyclic) bond motifs is 1. The number of nitrogens with zero attached hydrogens (tertiary/aromatic N) is 4. The minimum Gasteiger partial charge on any atom is -0.497 e. The van der Waals surface area contributed by atoms with Gasteiger partial charge in [0.2, 0.25) is 5.13 Å². The molecule has 4 aromatic rings. The van der Waals surface area contributed by atoms with Gasteiger partial charge in [-0.2, -0.15) is 10.1 Å². The number of thiazole rings is 1. The Morgan fingerprint density at radius 2 is 1.78 bits per heavy atom. The molecule has 0 saturated heterocycles. The molecule has 0 atom stereocenters. The summed E-state index contributed by atoms with van der Waals surface area (Å²) in [7, 11) is 3.12. The molecule has 0 unspecified atom stereocenters. The third-order valence-corrected chi connectivity index (χ3v) is 6.35. The predicted octanol–water partition coefficient (Wildman–Crippen LogP) is 4.96. The number of methoxy groups -OCH3 is 2. The van der Waals surface area contributed by atoms with Gasteiger partial charge in [-0.15, -0.1) is 0 Å². The first-order valence-corrected chi connectivity index (χ1v) is 10.8. The fourth-order valence-corrected chi connectivity index (χ4v) is 4.42. The maximum atomic E-state index is 13.3. The third-order valence-electron chi connectivity index (χ3n) is 4.39. The van der Waals surface area contributed by atoms with Gasteiger partial charge in [-0.25, -0.2) is 4.98 Å². The van der Waals surface area contributed by atoms with Crippen LogP contribution in [-0.2, 0) is 0 Å². The predicted molar refractivity (Wildman–Crippen MR) is 125 cm³/mol. The molecule has 0 saturated carbocycles. The molecule has 0 bridgehead atoms. The van der Waals surface area contributed by atoms with Crippen molar-refractivity contribution in [3.8, 4) is 11.5 Å². The van der Waals surface area contributed by atoms with Crippen molar-refractivity contribution in [2.75, 3.05) is 19.2 Å². The van der Waals surface area contributed by atoms with Gasteiger partial charge in [0.15, 0.2) is 0 Å². The second-order valence-electron chi connectivity index (χ2n) is 6.35. The van der Waals surface area contributed by atoms with E-state index >= 15 is 0 Å². The fourth-order valence-electron chi connectivity index (χ4n) is 2.78. The van der Waals surface area contributed by atoms with Crippen molar-refractivity contribution in [1.82, 2.24) is 4.98 Å². The van der Waals surface area contributed by atoms with E-state index in [1.807, 2.05) is 6.07 Å². The monoisotopic (exact) mass is 468 g/mol. The zero-order valence-electron chi connectivity index (χ0n) is 16.9. The summed E-state index contributed by atoms with van der Waals surface area (Å²) in [4.78, 5) is 28.8. The highest BCUT2D eigenvalue weighted by atomic mass is 32.1. The summed E-state index contributed by atoms with van der Waals surface area (Å²) in [6, 6.07) is 15.0. The number of thiophene rings is 1. The molecule has 0 radical (unpaired) electrons. The number of benzene rings is 2. The second-order valence-corrected chi connectivity index (χ2v) is 8.46. The van der Waals surface area contributed by atoms with Gasteiger partial charge in [-0.1, -0.05) is 22.7 Å². The highest BCUT2D eigenvalue weighted by Crippen LogP contribution is 2.33. The van der Waals surface area contributed by atoms with Crippen LogP contribution in [0.25, 0.3) is 10.2 Å². The molecule has 0 N–H and O–H groups in total. The molecule has 2 aromatic carbocycles. The number of hydrogen-bond acceptors (Lipinski definition) is 9. The van der Waals surface area contributed by atoms with Gasteiger partial charge < -0.3 is 9.47 Å². The normalized spacial score (nSPS) is 11.1. The van der Waals surface area contributed by atoms with Gasteiger partial charge in [0, 0.05) is 11.6 Å². The molecule has 2 aromatic heterocycles. The second kappa shape index (κ2) is 9.12. The highest BCUT2D eigenvalue weighted by Gasteiger charge is 2.21. The summed E-state index contributed by atoms with van der Waals surface area (Å²) in [5.74, 6) is 0.894. The Morgan fingerprint density at radius 1 is 1.06 bits per heavy atom. The molecule has 1 amide bonds. The number of carbonyl (C=O) groups excluding carboxylic acids is 1. The van der Waals surface area contributed by atoms with Crippen LogP contribution in [0.3, 0.4) is 0 Å². The number of rotatable bonds is 7. The van der Waals surface area contributed by atoms with Crippen LogP contribution in [0, 0.1) is 10.1 Å². The number of nitro groups is 1. The smallest absolute Gasteiger partial charge is 0.324 e. The van der Waals surface area contributed by atoms with E-state index in [4.69, 9.17) is 9.47 Å². The number of aromatic nitrogens is 1. The summed E-state index contributed by atoms with van der Waals surface area (Å²) in [5, 5.41) is 16.8. The van der Waals surface area contributed by atoms with Crippen molar-refractivity contribution in [3.63, 3.8) is 0 Å². The van der Waals surface area contributed by atoms with Crippen LogP contribution in [0.15, 0.2) is 59.7 Å². The lowest BCUT2D eigenvalue weighted by Crippen LogP contribution is -2.25. The van der Waals surface area contributed by atoms with Crippen molar-refractivity contribution in [2.45, 2.75) is 0 Å². The fraction of sp³-hybridized carbons (Fsp3) is 0.0952. The van der Waals surface area contributed by atoms with Crippen LogP contribution in [0.1, 0.15) is 15.2 Å². The van der Waals surface area contributed by atoms with Crippen LogP contribution in [0.2, 0.25) is 0 Å². The standard InChI is InChI=1S/C21H16N4O5S2/c1-29-14-5-3-13(4-6-14)20(26)24(22-12-16-8-10-19(31-16)25(27)28)21-23-17-9-7-15(30-2)11-18(17)32-21/h3-12H,1-2H3/b22-12+. The average molecular weight is 469 g/mol. The molecule has 2 heterocycles. The maximum Gasteiger partial charge on any atom is 0.324 e. The highest BCUT2D eigenvalue weighted by molar-refractivity contribution is 7.22. The lowest BCUT2D eigenvalue weighted by Gasteiger charge is -2.13. The summed E-state index contributed by atoms with van der Waals surface area (Å²) in [6.07, 6.45) is 1.41. The molecule has 0 aliphatic carbocycles. The molecule has 0 aliphatic rings. The third kappa shape index (κ3) is 4.43.